The Morgan fingerprint density at radius 1 is 1.46 bits per heavy atom. The number of carbonyl (C=O) groups is 1. The van der Waals surface area contributed by atoms with Crippen LogP contribution in [0.25, 0.3) is 0 Å². The number of nitrogens with zero attached hydrogens (tertiary/aromatic N) is 2. The van der Waals surface area contributed by atoms with E-state index in [1.807, 2.05) is 33.2 Å². The van der Waals surface area contributed by atoms with Gasteiger partial charge < -0.3 is 15.0 Å². The minimum absolute atomic E-state index is 0.0957. The number of amides is 1. The molecule has 1 heterocycles. The first kappa shape index (κ1) is 19.0. The zero-order chi connectivity index (χ0) is 17.5. The molecule has 1 aliphatic rings. The van der Waals surface area contributed by atoms with Crippen LogP contribution in [0.15, 0.2) is 24.3 Å². The number of rotatable bonds is 7. The Morgan fingerprint density at radius 3 is 2.83 bits per heavy atom. The highest BCUT2D eigenvalue weighted by atomic mass is 35.5. The highest BCUT2D eigenvalue weighted by Gasteiger charge is 2.28. The highest BCUT2D eigenvalue weighted by molar-refractivity contribution is 6.30. The molecule has 0 spiro atoms. The van der Waals surface area contributed by atoms with Gasteiger partial charge in [-0.1, -0.05) is 11.6 Å². The molecule has 1 amide bonds. The Labute approximate surface area is 149 Å². The molecule has 0 bridgehead atoms. The standard InChI is InChI=1S/C18H28ClN3O2/c1-14(22-10-4-5-16(13-22)20-2)18(23)21(3)11-12-24-17-8-6-15(19)7-9-17/h6-9,14,16,20H,4-5,10-13H2,1-3H3. The van der Waals surface area contributed by atoms with E-state index in [4.69, 9.17) is 16.3 Å². The molecule has 0 aliphatic carbocycles. The van der Waals surface area contributed by atoms with Crippen LogP contribution >= 0.6 is 11.6 Å². The second kappa shape index (κ2) is 9.25. The number of likely N-dealkylation sites (tertiary alicyclic amines) is 1. The molecule has 0 aromatic heterocycles. The van der Waals surface area contributed by atoms with Crippen molar-refractivity contribution in [3.8, 4) is 5.75 Å². The Kier molecular flexibility index (Phi) is 7.34. The van der Waals surface area contributed by atoms with Gasteiger partial charge in [-0.25, -0.2) is 0 Å². The predicted molar refractivity (Wildman–Crippen MR) is 97.7 cm³/mol. The molecule has 0 radical (unpaired) electrons. The van der Waals surface area contributed by atoms with E-state index < -0.39 is 0 Å². The average Bonchev–Trinajstić information content (AvgIpc) is 2.62. The smallest absolute Gasteiger partial charge is 0.239 e. The maximum absolute atomic E-state index is 12.6. The van der Waals surface area contributed by atoms with Gasteiger partial charge in [0.15, 0.2) is 0 Å². The molecule has 1 N–H and O–H groups in total. The van der Waals surface area contributed by atoms with Gasteiger partial charge in [0.25, 0.3) is 0 Å². The van der Waals surface area contributed by atoms with Crippen molar-refractivity contribution in [2.24, 2.45) is 0 Å². The van der Waals surface area contributed by atoms with Gasteiger partial charge in [-0.2, -0.15) is 0 Å². The quantitative estimate of drug-likeness (QED) is 0.816. The van der Waals surface area contributed by atoms with Crippen LogP contribution < -0.4 is 10.1 Å². The van der Waals surface area contributed by atoms with Gasteiger partial charge in [0.05, 0.1) is 12.6 Å². The number of carbonyl (C=O) groups excluding carboxylic acids is 1. The molecule has 2 atom stereocenters. The van der Waals surface area contributed by atoms with E-state index in [-0.39, 0.29) is 11.9 Å². The lowest BCUT2D eigenvalue weighted by atomic mass is 10.0. The van der Waals surface area contributed by atoms with Crippen molar-refractivity contribution in [1.29, 1.82) is 0 Å². The van der Waals surface area contributed by atoms with Gasteiger partial charge in [0, 0.05) is 24.7 Å². The SMILES string of the molecule is CNC1CCCN(C(C)C(=O)N(C)CCOc2ccc(Cl)cc2)C1. The fourth-order valence-corrected chi connectivity index (χ4v) is 3.14. The van der Waals surface area contributed by atoms with Crippen LogP contribution in [0.3, 0.4) is 0 Å². The van der Waals surface area contributed by atoms with Crippen LogP contribution in [-0.4, -0.2) is 68.1 Å². The summed E-state index contributed by atoms with van der Waals surface area (Å²) in [6.45, 7) is 4.94. The number of halogens is 1. The zero-order valence-corrected chi connectivity index (χ0v) is 15.6. The normalized spacial score (nSPS) is 19.8. The van der Waals surface area contributed by atoms with Crippen LogP contribution in [-0.2, 0) is 4.79 Å². The van der Waals surface area contributed by atoms with Gasteiger partial charge in [0.2, 0.25) is 5.91 Å². The monoisotopic (exact) mass is 353 g/mol. The summed E-state index contributed by atoms with van der Waals surface area (Å²) >= 11 is 5.85. The number of hydrogen-bond acceptors (Lipinski definition) is 4. The second-order valence-electron chi connectivity index (χ2n) is 6.36. The van der Waals surface area contributed by atoms with Crippen LogP contribution in [0, 0.1) is 0 Å². The minimum Gasteiger partial charge on any atom is -0.492 e. The molecule has 1 aromatic rings. The summed E-state index contributed by atoms with van der Waals surface area (Å²) in [6, 6.07) is 7.64. The first-order valence-corrected chi connectivity index (χ1v) is 8.93. The molecule has 1 aromatic carbocycles. The molecule has 6 heteroatoms. The van der Waals surface area contributed by atoms with E-state index in [1.165, 1.54) is 6.42 Å². The third-order valence-corrected chi connectivity index (χ3v) is 4.90. The number of likely N-dealkylation sites (N-methyl/N-ethyl adjacent to an activating group) is 2. The lowest BCUT2D eigenvalue weighted by molar-refractivity contribution is -0.135. The summed E-state index contributed by atoms with van der Waals surface area (Å²) < 4.78 is 5.67. The Bertz CT molecular complexity index is 524. The molecule has 5 nitrogen and oxygen atoms in total. The van der Waals surface area contributed by atoms with Crippen molar-refractivity contribution in [3.63, 3.8) is 0 Å². The largest absolute Gasteiger partial charge is 0.492 e. The fourth-order valence-electron chi connectivity index (χ4n) is 3.01. The highest BCUT2D eigenvalue weighted by Crippen LogP contribution is 2.16. The van der Waals surface area contributed by atoms with Crippen LogP contribution in [0.5, 0.6) is 5.75 Å². The van der Waals surface area contributed by atoms with E-state index in [0.717, 1.165) is 25.3 Å². The molecular formula is C18H28ClN3O2. The van der Waals surface area contributed by atoms with E-state index in [1.54, 1.807) is 17.0 Å². The lowest BCUT2D eigenvalue weighted by Gasteiger charge is -2.37. The number of nitrogens with one attached hydrogen (secondary N) is 1. The topological polar surface area (TPSA) is 44.8 Å². The van der Waals surface area contributed by atoms with Crippen LogP contribution in [0.2, 0.25) is 5.02 Å². The number of piperidine rings is 1. The number of benzene rings is 1. The van der Waals surface area contributed by atoms with Crippen molar-refractivity contribution in [3.05, 3.63) is 29.3 Å². The molecule has 2 unspecified atom stereocenters. The lowest BCUT2D eigenvalue weighted by Crippen LogP contribution is -2.53. The molecule has 1 aliphatic heterocycles. The fraction of sp³-hybridized carbons (Fsp3) is 0.611. The summed E-state index contributed by atoms with van der Waals surface area (Å²) in [5, 5.41) is 4.00. The van der Waals surface area contributed by atoms with E-state index in [2.05, 4.69) is 10.2 Å². The molecule has 134 valence electrons. The average molecular weight is 354 g/mol. The van der Waals surface area contributed by atoms with E-state index >= 15 is 0 Å². The number of ether oxygens (including phenoxy) is 1. The van der Waals surface area contributed by atoms with Crippen molar-refractivity contribution in [2.45, 2.75) is 31.8 Å². The molecule has 0 saturated carbocycles. The maximum Gasteiger partial charge on any atom is 0.239 e. The first-order chi connectivity index (χ1) is 11.5. The summed E-state index contributed by atoms with van der Waals surface area (Å²) in [7, 11) is 3.82. The Balaban J connectivity index is 1.77. The molecule has 24 heavy (non-hydrogen) atoms. The van der Waals surface area contributed by atoms with Gasteiger partial charge in [-0.05, 0) is 57.6 Å². The maximum atomic E-state index is 12.6. The van der Waals surface area contributed by atoms with Crippen molar-refractivity contribution in [1.82, 2.24) is 15.1 Å². The van der Waals surface area contributed by atoms with Gasteiger partial charge in [-0.15, -0.1) is 0 Å². The van der Waals surface area contributed by atoms with E-state index in [0.29, 0.717) is 24.2 Å². The molecule has 1 saturated heterocycles. The van der Waals surface area contributed by atoms with Gasteiger partial charge >= 0.3 is 0 Å². The van der Waals surface area contributed by atoms with Crippen molar-refractivity contribution >= 4 is 17.5 Å². The van der Waals surface area contributed by atoms with Crippen LogP contribution in [0.1, 0.15) is 19.8 Å². The number of hydrogen-bond donors (Lipinski definition) is 1. The van der Waals surface area contributed by atoms with Crippen molar-refractivity contribution in [2.75, 3.05) is 40.3 Å². The molecule has 2 rings (SSSR count). The predicted octanol–water partition coefficient (Wildman–Crippen LogP) is 2.25. The molecular weight excluding hydrogens is 326 g/mol. The van der Waals surface area contributed by atoms with Gasteiger partial charge in [0.1, 0.15) is 12.4 Å². The summed E-state index contributed by atoms with van der Waals surface area (Å²) in [6.07, 6.45) is 2.31. The Hall–Kier alpha value is -1.30. The van der Waals surface area contributed by atoms with Crippen LogP contribution in [0.4, 0.5) is 0 Å². The summed E-state index contributed by atoms with van der Waals surface area (Å²) in [4.78, 5) is 16.6. The van der Waals surface area contributed by atoms with Crippen molar-refractivity contribution < 1.29 is 9.53 Å². The third-order valence-electron chi connectivity index (χ3n) is 4.65. The Morgan fingerprint density at radius 2 is 2.17 bits per heavy atom. The zero-order valence-electron chi connectivity index (χ0n) is 14.8. The summed E-state index contributed by atoms with van der Waals surface area (Å²) in [5.41, 5.74) is 0. The van der Waals surface area contributed by atoms with E-state index in [9.17, 15) is 4.79 Å². The minimum atomic E-state index is -0.0957. The first-order valence-electron chi connectivity index (χ1n) is 8.56. The van der Waals surface area contributed by atoms with Gasteiger partial charge in [-0.3, -0.25) is 9.69 Å². The summed E-state index contributed by atoms with van der Waals surface area (Å²) in [5.74, 6) is 0.910. The molecule has 1 fully saturated rings. The third kappa shape index (κ3) is 5.36. The second-order valence-corrected chi connectivity index (χ2v) is 6.80.